The van der Waals surface area contributed by atoms with Crippen LogP contribution in [0, 0.1) is 0 Å². The minimum Gasteiger partial charge on any atom is -0.354 e. The molecule has 1 heterocycles. The summed E-state index contributed by atoms with van der Waals surface area (Å²) in [5, 5.41) is 6.45. The lowest BCUT2D eigenvalue weighted by Gasteiger charge is -2.26. The third-order valence-electron chi connectivity index (χ3n) is 5.44. The SMILES string of the molecule is CN(C)C(=O)CNC(=NCc1ccccc1)NCC1COC2(CCCCCC2)O1. The summed E-state index contributed by atoms with van der Waals surface area (Å²) in [6, 6.07) is 10.1. The highest BCUT2D eigenvalue weighted by molar-refractivity contribution is 5.86. The molecule has 1 aliphatic carbocycles. The van der Waals surface area contributed by atoms with Gasteiger partial charge in [-0.2, -0.15) is 0 Å². The lowest BCUT2D eigenvalue weighted by molar-refractivity contribution is -0.175. The van der Waals surface area contributed by atoms with Crippen molar-refractivity contribution in [3.63, 3.8) is 0 Å². The number of hydrogen-bond acceptors (Lipinski definition) is 4. The van der Waals surface area contributed by atoms with Crippen LogP contribution in [-0.2, 0) is 20.8 Å². The molecule has 1 aliphatic heterocycles. The van der Waals surface area contributed by atoms with Crippen LogP contribution < -0.4 is 10.6 Å². The Labute approximate surface area is 173 Å². The molecule has 0 aromatic heterocycles. The van der Waals surface area contributed by atoms with E-state index in [-0.39, 0.29) is 18.6 Å². The zero-order chi connectivity index (χ0) is 20.5. The van der Waals surface area contributed by atoms with Crippen molar-refractivity contribution in [2.24, 2.45) is 4.99 Å². The van der Waals surface area contributed by atoms with Crippen molar-refractivity contribution in [2.75, 3.05) is 33.8 Å². The summed E-state index contributed by atoms with van der Waals surface area (Å²) in [5.41, 5.74) is 1.12. The molecular weight excluding hydrogens is 368 g/mol. The quantitative estimate of drug-likeness (QED) is 0.564. The average Bonchev–Trinajstić information content (AvgIpc) is 2.98. The Hall–Kier alpha value is -2.12. The van der Waals surface area contributed by atoms with Crippen molar-refractivity contribution in [3.05, 3.63) is 35.9 Å². The third-order valence-corrected chi connectivity index (χ3v) is 5.44. The number of rotatable bonds is 6. The molecule has 1 atom stereocenters. The minimum atomic E-state index is -0.390. The van der Waals surface area contributed by atoms with Gasteiger partial charge in [0.25, 0.3) is 0 Å². The van der Waals surface area contributed by atoms with Gasteiger partial charge in [-0.1, -0.05) is 43.2 Å². The summed E-state index contributed by atoms with van der Waals surface area (Å²) in [6.45, 7) is 1.92. The van der Waals surface area contributed by atoms with Gasteiger partial charge in [0, 0.05) is 33.5 Å². The van der Waals surface area contributed by atoms with Gasteiger partial charge in [0.1, 0.15) is 6.10 Å². The molecule has 29 heavy (non-hydrogen) atoms. The maximum Gasteiger partial charge on any atom is 0.241 e. The normalized spacial score (nSPS) is 21.6. The first-order valence-corrected chi connectivity index (χ1v) is 10.6. The molecule has 7 nitrogen and oxygen atoms in total. The van der Waals surface area contributed by atoms with E-state index in [4.69, 9.17) is 9.47 Å². The second-order valence-corrected chi connectivity index (χ2v) is 8.05. The topological polar surface area (TPSA) is 75.2 Å². The van der Waals surface area contributed by atoms with Crippen LogP contribution in [0.1, 0.15) is 44.1 Å². The second-order valence-electron chi connectivity index (χ2n) is 8.05. The fraction of sp³-hybridized carbons (Fsp3) is 0.636. The number of aliphatic imine (C=N–C) groups is 1. The van der Waals surface area contributed by atoms with Gasteiger partial charge in [-0.15, -0.1) is 0 Å². The van der Waals surface area contributed by atoms with Gasteiger partial charge in [0.05, 0.1) is 19.7 Å². The Morgan fingerprint density at radius 3 is 2.55 bits per heavy atom. The molecule has 1 aromatic rings. The first-order valence-electron chi connectivity index (χ1n) is 10.6. The van der Waals surface area contributed by atoms with Gasteiger partial charge >= 0.3 is 0 Å². The minimum absolute atomic E-state index is 0.00271. The van der Waals surface area contributed by atoms with Crippen molar-refractivity contribution in [1.29, 1.82) is 0 Å². The van der Waals surface area contributed by atoms with Gasteiger partial charge in [-0.05, 0) is 18.4 Å². The number of amides is 1. The van der Waals surface area contributed by atoms with Gasteiger partial charge in [0.15, 0.2) is 11.7 Å². The Morgan fingerprint density at radius 1 is 1.14 bits per heavy atom. The number of benzene rings is 1. The average molecular weight is 403 g/mol. The first kappa shape index (κ1) is 21.6. The molecular formula is C22H34N4O3. The summed E-state index contributed by atoms with van der Waals surface area (Å²) in [7, 11) is 3.49. The standard InChI is InChI=1S/C22H34N4O3/c1-26(2)20(27)16-25-21(23-14-18-10-6-5-7-11-18)24-15-19-17-28-22(29-19)12-8-3-4-9-13-22/h5-7,10-11,19H,3-4,8-9,12-17H2,1-2H3,(H2,23,24,25). The van der Waals surface area contributed by atoms with Crippen molar-refractivity contribution < 1.29 is 14.3 Å². The lowest BCUT2D eigenvalue weighted by atomic mass is 10.1. The maximum absolute atomic E-state index is 12.0. The van der Waals surface area contributed by atoms with E-state index in [1.807, 2.05) is 30.3 Å². The van der Waals surface area contributed by atoms with Crippen LogP contribution in [0.15, 0.2) is 35.3 Å². The molecule has 160 valence electrons. The molecule has 1 saturated heterocycles. The molecule has 0 radical (unpaired) electrons. The fourth-order valence-corrected chi connectivity index (χ4v) is 3.70. The molecule has 1 aromatic carbocycles. The van der Waals surface area contributed by atoms with Crippen LogP contribution in [0.3, 0.4) is 0 Å². The molecule has 2 N–H and O–H groups in total. The van der Waals surface area contributed by atoms with Crippen molar-refractivity contribution in [1.82, 2.24) is 15.5 Å². The summed E-state index contributed by atoms with van der Waals surface area (Å²) in [5.74, 6) is 0.213. The zero-order valence-corrected chi connectivity index (χ0v) is 17.7. The van der Waals surface area contributed by atoms with Crippen molar-refractivity contribution >= 4 is 11.9 Å². The molecule has 3 rings (SSSR count). The highest BCUT2D eigenvalue weighted by Gasteiger charge is 2.41. The molecule has 2 fully saturated rings. The summed E-state index contributed by atoms with van der Waals surface area (Å²) in [4.78, 5) is 18.1. The van der Waals surface area contributed by atoms with E-state index in [0.29, 0.717) is 25.7 Å². The van der Waals surface area contributed by atoms with Crippen LogP contribution in [0.4, 0.5) is 0 Å². The first-order chi connectivity index (χ1) is 14.1. The Kier molecular flexibility index (Phi) is 7.89. The number of hydrogen-bond donors (Lipinski definition) is 2. The summed E-state index contributed by atoms with van der Waals surface area (Å²) in [6.07, 6.45) is 6.80. The van der Waals surface area contributed by atoms with E-state index >= 15 is 0 Å². The van der Waals surface area contributed by atoms with Gasteiger partial charge in [-0.3, -0.25) is 4.79 Å². The molecule has 1 unspecified atom stereocenters. The number of carbonyl (C=O) groups is 1. The number of ether oxygens (including phenoxy) is 2. The van der Waals surface area contributed by atoms with Gasteiger partial charge in [0.2, 0.25) is 5.91 Å². The molecule has 7 heteroatoms. The van der Waals surface area contributed by atoms with E-state index < -0.39 is 5.79 Å². The number of nitrogens with zero attached hydrogens (tertiary/aromatic N) is 2. The van der Waals surface area contributed by atoms with Crippen LogP contribution in [0.5, 0.6) is 0 Å². The van der Waals surface area contributed by atoms with Gasteiger partial charge < -0.3 is 25.0 Å². The highest BCUT2D eigenvalue weighted by Crippen LogP contribution is 2.36. The maximum atomic E-state index is 12.0. The van der Waals surface area contributed by atoms with E-state index in [0.717, 1.165) is 31.2 Å². The van der Waals surface area contributed by atoms with E-state index in [2.05, 4.69) is 15.6 Å². The fourth-order valence-electron chi connectivity index (χ4n) is 3.70. The smallest absolute Gasteiger partial charge is 0.241 e. The summed E-state index contributed by atoms with van der Waals surface area (Å²) >= 11 is 0. The van der Waals surface area contributed by atoms with Crippen LogP contribution in [0.25, 0.3) is 0 Å². The summed E-state index contributed by atoms with van der Waals surface area (Å²) < 4.78 is 12.4. The lowest BCUT2D eigenvalue weighted by Crippen LogP contribution is -2.45. The molecule has 2 aliphatic rings. The number of likely N-dealkylation sites (N-methyl/N-ethyl adjacent to an activating group) is 1. The van der Waals surface area contributed by atoms with Crippen molar-refractivity contribution in [2.45, 2.75) is 57.0 Å². The Morgan fingerprint density at radius 2 is 1.86 bits per heavy atom. The monoisotopic (exact) mass is 402 g/mol. The van der Waals surface area contributed by atoms with E-state index in [1.165, 1.54) is 12.8 Å². The van der Waals surface area contributed by atoms with E-state index in [9.17, 15) is 4.79 Å². The predicted octanol–water partition coefficient (Wildman–Crippen LogP) is 2.28. The second kappa shape index (κ2) is 10.6. The third kappa shape index (κ3) is 6.72. The van der Waals surface area contributed by atoms with Crippen molar-refractivity contribution in [3.8, 4) is 0 Å². The molecule has 1 spiro atoms. The van der Waals surface area contributed by atoms with Crippen LogP contribution >= 0.6 is 0 Å². The van der Waals surface area contributed by atoms with E-state index in [1.54, 1.807) is 19.0 Å². The molecule has 1 amide bonds. The highest BCUT2D eigenvalue weighted by atomic mass is 16.7. The van der Waals surface area contributed by atoms with Crippen LogP contribution in [-0.4, -0.2) is 62.4 Å². The largest absolute Gasteiger partial charge is 0.354 e. The zero-order valence-electron chi connectivity index (χ0n) is 17.7. The number of carbonyl (C=O) groups excluding carboxylic acids is 1. The Balaban J connectivity index is 1.55. The number of guanidine groups is 1. The van der Waals surface area contributed by atoms with Crippen LogP contribution in [0.2, 0.25) is 0 Å². The Bertz CT molecular complexity index is 670. The number of nitrogens with one attached hydrogen (secondary N) is 2. The molecule has 1 saturated carbocycles. The molecule has 0 bridgehead atoms. The van der Waals surface area contributed by atoms with Gasteiger partial charge in [-0.25, -0.2) is 4.99 Å². The predicted molar refractivity (Wildman–Crippen MR) is 114 cm³/mol.